The molecule has 0 saturated carbocycles. The summed E-state index contributed by atoms with van der Waals surface area (Å²) in [6.07, 6.45) is -0.848. The number of hydrogen-bond acceptors (Lipinski definition) is 4. The Morgan fingerprint density at radius 1 is 1.08 bits per heavy atom. The van der Waals surface area contributed by atoms with Gasteiger partial charge in [0.15, 0.2) is 0 Å². The standard InChI is InChI=1S/C18H27FN2O3S/c1-11(2)16(21-18(23)24-12(3)4)17(22)20-13(5)10-25-15-8-6-14(19)7-9-15/h6-9,11-13,16H,10H2,1-5H3,(H,20,22)(H,21,23). The molecule has 2 N–H and O–H groups in total. The van der Waals surface area contributed by atoms with Gasteiger partial charge in [-0.25, -0.2) is 9.18 Å². The van der Waals surface area contributed by atoms with Crippen LogP contribution in [-0.2, 0) is 9.53 Å². The summed E-state index contributed by atoms with van der Waals surface area (Å²) in [6, 6.07) is 5.45. The van der Waals surface area contributed by atoms with Crippen molar-refractivity contribution in [2.24, 2.45) is 5.92 Å². The number of ether oxygens (including phenoxy) is 1. The van der Waals surface area contributed by atoms with Gasteiger partial charge in [0.1, 0.15) is 11.9 Å². The number of carbonyl (C=O) groups is 2. The third kappa shape index (κ3) is 8.25. The molecule has 140 valence electrons. The Hall–Kier alpha value is -1.76. The minimum Gasteiger partial charge on any atom is -0.447 e. The molecule has 25 heavy (non-hydrogen) atoms. The Kier molecular flexibility index (Phi) is 8.75. The molecule has 0 heterocycles. The van der Waals surface area contributed by atoms with Crippen LogP contribution >= 0.6 is 11.8 Å². The highest BCUT2D eigenvalue weighted by molar-refractivity contribution is 7.99. The second-order valence-corrected chi connectivity index (χ2v) is 7.59. The SMILES string of the molecule is CC(CSc1ccc(F)cc1)NC(=O)C(NC(=O)OC(C)C)C(C)C. The molecule has 5 nitrogen and oxygen atoms in total. The topological polar surface area (TPSA) is 67.4 Å². The van der Waals surface area contributed by atoms with Crippen molar-refractivity contribution in [1.82, 2.24) is 10.6 Å². The van der Waals surface area contributed by atoms with Crippen molar-refractivity contribution < 1.29 is 18.7 Å². The van der Waals surface area contributed by atoms with E-state index >= 15 is 0 Å². The summed E-state index contributed by atoms with van der Waals surface area (Å²) >= 11 is 1.53. The lowest BCUT2D eigenvalue weighted by Crippen LogP contribution is -2.52. The molecule has 0 aliphatic carbocycles. The van der Waals surface area contributed by atoms with Crippen molar-refractivity contribution in [2.45, 2.75) is 57.7 Å². The van der Waals surface area contributed by atoms with E-state index in [9.17, 15) is 14.0 Å². The summed E-state index contributed by atoms with van der Waals surface area (Å²) in [6.45, 7) is 9.10. The van der Waals surface area contributed by atoms with Gasteiger partial charge in [-0.15, -0.1) is 11.8 Å². The van der Waals surface area contributed by atoms with Crippen molar-refractivity contribution in [1.29, 1.82) is 0 Å². The lowest BCUT2D eigenvalue weighted by molar-refractivity contribution is -0.124. The van der Waals surface area contributed by atoms with E-state index in [2.05, 4.69) is 10.6 Å². The van der Waals surface area contributed by atoms with Gasteiger partial charge in [-0.2, -0.15) is 0 Å². The van der Waals surface area contributed by atoms with Crippen molar-refractivity contribution >= 4 is 23.8 Å². The lowest BCUT2D eigenvalue weighted by Gasteiger charge is -2.24. The van der Waals surface area contributed by atoms with Crippen LogP contribution in [0.5, 0.6) is 0 Å². The van der Waals surface area contributed by atoms with Gasteiger partial charge in [-0.3, -0.25) is 4.79 Å². The zero-order valence-corrected chi connectivity index (χ0v) is 16.2. The molecule has 7 heteroatoms. The van der Waals surface area contributed by atoms with Crippen LogP contribution in [0, 0.1) is 11.7 Å². The third-order valence-corrected chi connectivity index (χ3v) is 4.54. The molecule has 0 fully saturated rings. The van der Waals surface area contributed by atoms with Crippen molar-refractivity contribution in [2.75, 3.05) is 5.75 Å². The number of rotatable bonds is 8. The van der Waals surface area contributed by atoms with Crippen molar-refractivity contribution in [3.63, 3.8) is 0 Å². The maximum atomic E-state index is 12.9. The number of amides is 2. The van der Waals surface area contributed by atoms with Gasteiger partial charge in [0.25, 0.3) is 0 Å². The molecule has 0 saturated heterocycles. The molecule has 0 aromatic heterocycles. The monoisotopic (exact) mass is 370 g/mol. The van der Waals surface area contributed by atoms with E-state index < -0.39 is 12.1 Å². The first-order chi connectivity index (χ1) is 11.7. The molecular formula is C18H27FN2O3S. The smallest absolute Gasteiger partial charge is 0.408 e. The molecule has 2 atom stereocenters. The van der Waals surface area contributed by atoms with Gasteiger partial charge >= 0.3 is 6.09 Å². The minimum absolute atomic E-state index is 0.0725. The van der Waals surface area contributed by atoms with Crippen LogP contribution in [-0.4, -0.2) is 35.9 Å². The van der Waals surface area contributed by atoms with E-state index in [0.29, 0.717) is 5.75 Å². The average molecular weight is 370 g/mol. The van der Waals surface area contributed by atoms with Gasteiger partial charge in [-0.05, 0) is 51.0 Å². The average Bonchev–Trinajstić information content (AvgIpc) is 2.51. The molecular weight excluding hydrogens is 343 g/mol. The first-order valence-electron chi connectivity index (χ1n) is 8.35. The fourth-order valence-electron chi connectivity index (χ4n) is 2.04. The number of carbonyl (C=O) groups excluding carboxylic acids is 2. The zero-order chi connectivity index (χ0) is 19.0. The second-order valence-electron chi connectivity index (χ2n) is 6.49. The number of hydrogen-bond donors (Lipinski definition) is 2. The number of benzene rings is 1. The molecule has 0 spiro atoms. The van der Waals surface area contributed by atoms with E-state index in [1.54, 1.807) is 26.0 Å². The van der Waals surface area contributed by atoms with Crippen LogP contribution in [0.15, 0.2) is 29.2 Å². The Morgan fingerprint density at radius 3 is 2.20 bits per heavy atom. The van der Waals surface area contributed by atoms with E-state index in [1.807, 2.05) is 20.8 Å². The van der Waals surface area contributed by atoms with Gasteiger partial charge in [-0.1, -0.05) is 13.8 Å². The highest BCUT2D eigenvalue weighted by Gasteiger charge is 2.26. The van der Waals surface area contributed by atoms with Crippen molar-refractivity contribution in [3.05, 3.63) is 30.1 Å². The molecule has 1 aromatic rings. The maximum Gasteiger partial charge on any atom is 0.408 e. The molecule has 0 radical (unpaired) electrons. The largest absolute Gasteiger partial charge is 0.447 e. The van der Waals surface area contributed by atoms with Crippen molar-refractivity contribution in [3.8, 4) is 0 Å². The highest BCUT2D eigenvalue weighted by Crippen LogP contribution is 2.19. The molecule has 1 aromatic carbocycles. The Balaban J connectivity index is 2.51. The third-order valence-electron chi connectivity index (χ3n) is 3.27. The number of halogens is 1. The lowest BCUT2D eigenvalue weighted by atomic mass is 10.0. The minimum atomic E-state index is -0.662. The molecule has 1 rings (SSSR count). The Morgan fingerprint density at radius 2 is 1.68 bits per heavy atom. The van der Waals surface area contributed by atoms with Crippen LogP contribution in [0.3, 0.4) is 0 Å². The van der Waals surface area contributed by atoms with Crippen LogP contribution in [0.25, 0.3) is 0 Å². The van der Waals surface area contributed by atoms with E-state index in [-0.39, 0.29) is 29.8 Å². The normalized spacial score (nSPS) is 13.4. The number of alkyl carbamates (subject to hydrolysis) is 1. The summed E-state index contributed by atoms with van der Waals surface area (Å²) in [5.41, 5.74) is 0. The van der Waals surface area contributed by atoms with E-state index in [0.717, 1.165) is 4.90 Å². The number of nitrogens with one attached hydrogen (secondary N) is 2. The van der Waals surface area contributed by atoms with Crippen LogP contribution in [0.1, 0.15) is 34.6 Å². The van der Waals surface area contributed by atoms with Crippen LogP contribution in [0.4, 0.5) is 9.18 Å². The second kappa shape index (κ2) is 10.3. The summed E-state index contributed by atoms with van der Waals surface area (Å²) in [5, 5.41) is 5.51. The van der Waals surface area contributed by atoms with Gasteiger partial charge in [0.2, 0.25) is 5.91 Å². The summed E-state index contributed by atoms with van der Waals surface area (Å²) < 4.78 is 17.9. The summed E-state index contributed by atoms with van der Waals surface area (Å²) in [5.74, 6) is 0.0444. The first kappa shape index (κ1) is 21.3. The molecule has 0 aliphatic heterocycles. The maximum absolute atomic E-state index is 12.9. The summed E-state index contributed by atoms with van der Waals surface area (Å²) in [7, 11) is 0. The van der Waals surface area contributed by atoms with Crippen LogP contribution in [0.2, 0.25) is 0 Å². The first-order valence-corrected chi connectivity index (χ1v) is 9.33. The number of thioether (sulfide) groups is 1. The van der Waals surface area contributed by atoms with Gasteiger partial charge in [0, 0.05) is 16.7 Å². The Bertz CT molecular complexity index is 564. The molecule has 0 bridgehead atoms. The fraction of sp³-hybridized carbons (Fsp3) is 0.556. The predicted octanol–water partition coefficient (Wildman–Crippen LogP) is 3.58. The summed E-state index contributed by atoms with van der Waals surface area (Å²) in [4.78, 5) is 25.1. The van der Waals surface area contributed by atoms with E-state index in [1.165, 1.54) is 23.9 Å². The highest BCUT2D eigenvalue weighted by atomic mass is 32.2. The quantitative estimate of drug-likeness (QED) is 0.687. The molecule has 2 amide bonds. The molecule has 0 aliphatic rings. The predicted molar refractivity (Wildman–Crippen MR) is 98.1 cm³/mol. The fourth-order valence-corrected chi connectivity index (χ4v) is 2.89. The van der Waals surface area contributed by atoms with Gasteiger partial charge in [0.05, 0.1) is 6.10 Å². The van der Waals surface area contributed by atoms with Gasteiger partial charge < -0.3 is 15.4 Å². The Labute approximate surface area is 153 Å². The van der Waals surface area contributed by atoms with Crippen LogP contribution < -0.4 is 10.6 Å². The molecule has 2 unspecified atom stereocenters. The zero-order valence-electron chi connectivity index (χ0n) is 15.3. The van der Waals surface area contributed by atoms with E-state index in [4.69, 9.17) is 4.74 Å².